The molecule has 6 nitrogen and oxygen atoms in total. The first kappa shape index (κ1) is 15.6. The molecule has 25 heavy (non-hydrogen) atoms. The lowest BCUT2D eigenvalue weighted by molar-refractivity contribution is -0.0494. The number of carbonyl (C=O) groups excluding carboxylic acids is 1. The Morgan fingerprint density at radius 3 is 2.56 bits per heavy atom. The number of pyridine rings is 1. The van der Waals surface area contributed by atoms with Gasteiger partial charge in [-0.2, -0.15) is 4.68 Å². The van der Waals surface area contributed by atoms with E-state index in [1.54, 1.807) is 10.7 Å². The molecule has 0 bridgehead atoms. The Morgan fingerprint density at radius 2 is 1.84 bits per heavy atom. The van der Waals surface area contributed by atoms with Gasteiger partial charge in [-0.05, 0) is 18.2 Å². The van der Waals surface area contributed by atoms with Gasteiger partial charge in [-0.1, -0.05) is 23.4 Å². The largest absolute Gasteiger partial charge is 0.338 e. The van der Waals surface area contributed by atoms with Crippen molar-refractivity contribution in [2.75, 3.05) is 13.1 Å². The molecule has 1 amide bonds. The van der Waals surface area contributed by atoms with Crippen molar-refractivity contribution in [2.45, 2.75) is 18.8 Å². The molecule has 128 valence electrons. The first-order valence-corrected chi connectivity index (χ1v) is 7.97. The summed E-state index contributed by atoms with van der Waals surface area (Å²) in [5, 5.41) is 8.14. The predicted molar refractivity (Wildman–Crippen MR) is 86.7 cm³/mol. The number of piperidine rings is 1. The third-order valence-electron chi connectivity index (χ3n) is 4.32. The monoisotopic (exact) mass is 343 g/mol. The Balaban J connectivity index is 1.61. The van der Waals surface area contributed by atoms with Gasteiger partial charge in [0, 0.05) is 32.1 Å². The number of benzene rings is 1. The van der Waals surface area contributed by atoms with Crippen LogP contribution in [0.2, 0.25) is 0 Å². The molecule has 2 aromatic heterocycles. The lowest BCUT2D eigenvalue weighted by atomic mass is 10.1. The Hall–Kier alpha value is -2.90. The van der Waals surface area contributed by atoms with Crippen LogP contribution >= 0.6 is 0 Å². The molecule has 1 aliphatic rings. The molecule has 1 saturated heterocycles. The Morgan fingerprint density at radius 1 is 1.12 bits per heavy atom. The molecule has 0 spiro atoms. The molecule has 3 aromatic rings. The lowest BCUT2D eigenvalue weighted by Gasteiger charge is -2.31. The van der Waals surface area contributed by atoms with Gasteiger partial charge in [0.05, 0.1) is 11.3 Å². The van der Waals surface area contributed by atoms with Gasteiger partial charge in [-0.3, -0.25) is 4.79 Å². The van der Waals surface area contributed by atoms with Crippen molar-refractivity contribution in [2.24, 2.45) is 0 Å². The molecular formula is C17H15F2N5O. The van der Waals surface area contributed by atoms with Crippen molar-refractivity contribution in [3.63, 3.8) is 0 Å². The number of para-hydroxylation sites is 1. The zero-order valence-corrected chi connectivity index (χ0v) is 13.3. The lowest BCUT2D eigenvalue weighted by Crippen LogP contribution is -2.42. The highest BCUT2D eigenvalue weighted by molar-refractivity contribution is 5.96. The first-order valence-electron chi connectivity index (χ1n) is 7.97. The second-order valence-electron chi connectivity index (χ2n) is 6.05. The van der Waals surface area contributed by atoms with E-state index in [0.717, 1.165) is 5.69 Å². The SMILES string of the molecule is O=C(c1cnc2c(c1)nnn2-c1ccccc1)N1CCC(F)(F)CC1. The second kappa shape index (κ2) is 5.87. The fourth-order valence-electron chi connectivity index (χ4n) is 2.90. The summed E-state index contributed by atoms with van der Waals surface area (Å²) in [6.07, 6.45) is 0.831. The van der Waals surface area contributed by atoms with E-state index in [0.29, 0.717) is 16.7 Å². The van der Waals surface area contributed by atoms with Crippen molar-refractivity contribution in [1.82, 2.24) is 24.9 Å². The quantitative estimate of drug-likeness (QED) is 0.718. The summed E-state index contributed by atoms with van der Waals surface area (Å²) >= 11 is 0. The fourth-order valence-corrected chi connectivity index (χ4v) is 2.90. The number of amides is 1. The zero-order chi connectivity index (χ0) is 17.4. The number of aromatic nitrogens is 4. The van der Waals surface area contributed by atoms with Crippen LogP contribution in [0.1, 0.15) is 23.2 Å². The van der Waals surface area contributed by atoms with Gasteiger partial charge in [0.2, 0.25) is 0 Å². The fraction of sp³-hybridized carbons (Fsp3) is 0.294. The van der Waals surface area contributed by atoms with Crippen molar-refractivity contribution in [3.05, 3.63) is 48.2 Å². The Labute approximate surface area is 142 Å². The van der Waals surface area contributed by atoms with Crippen LogP contribution in [0.5, 0.6) is 0 Å². The van der Waals surface area contributed by atoms with Gasteiger partial charge in [-0.25, -0.2) is 13.8 Å². The van der Waals surface area contributed by atoms with E-state index in [1.807, 2.05) is 30.3 Å². The second-order valence-corrected chi connectivity index (χ2v) is 6.05. The van der Waals surface area contributed by atoms with Crippen LogP contribution in [0.25, 0.3) is 16.9 Å². The number of alkyl halides is 2. The highest BCUT2D eigenvalue weighted by Crippen LogP contribution is 2.28. The summed E-state index contributed by atoms with van der Waals surface area (Å²) in [4.78, 5) is 18.3. The maximum absolute atomic E-state index is 13.2. The van der Waals surface area contributed by atoms with Crippen LogP contribution in [0.3, 0.4) is 0 Å². The summed E-state index contributed by atoms with van der Waals surface area (Å²) in [7, 11) is 0. The van der Waals surface area contributed by atoms with E-state index in [9.17, 15) is 13.6 Å². The molecule has 1 aliphatic heterocycles. The summed E-state index contributed by atoms with van der Waals surface area (Å²) in [6, 6.07) is 11.0. The number of likely N-dealkylation sites (tertiary alicyclic amines) is 1. The van der Waals surface area contributed by atoms with Crippen molar-refractivity contribution in [3.8, 4) is 5.69 Å². The van der Waals surface area contributed by atoms with E-state index in [1.165, 1.54) is 11.1 Å². The van der Waals surface area contributed by atoms with Crippen molar-refractivity contribution < 1.29 is 13.6 Å². The van der Waals surface area contributed by atoms with Gasteiger partial charge in [0.25, 0.3) is 11.8 Å². The molecule has 8 heteroatoms. The van der Waals surface area contributed by atoms with E-state index in [2.05, 4.69) is 15.3 Å². The predicted octanol–water partition coefficient (Wildman–Crippen LogP) is 2.69. The minimum atomic E-state index is -2.68. The Bertz CT molecular complexity index is 915. The average Bonchev–Trinajstić information content (AvgIpc) is 3.05. The smallest absolute Gasteiger partial charge is 0.255 e. The third-order valence-corrected chi connectivity index (χ3v) is 4.32. The van der Waals surface area contributed by atoms with Crippen molar-refractivity contribution >= 4 is 17.1 Å². The summed E-state index contributed by atoms with van der Waals surface area (Å²) in [5.41, 5.74) is 2.16. The summed E-state index contributed by atoms with van der Waals surface area (Å²) in [6.45, 7) is 0.0845. The highest BCUT2D eigenvalue weighted by Gasteiger charge is 2.35. The molecule has 0 saturated carbocycles. The molecule has 0 atom stereocenters. The molecule has 1 fully saturated rings. The minimum Gasteiger partial charge on any atom is -0.338 e. The van der Waals surface area contributed by atoms with Gasteiger partial charge < -0.3 is 4.90 Å². The van der Waals surface area contributed by atoms with E-state index in [4.69, 9.17) is 0 Å². The zero-order valence-electron chi connectivity index (χ0n) is 13.3. The van der Waals surface area contributed by atoms with Gasteiger partial charge in [-0.15, -0.1) is 5.10 Å². The minimum absolute atomic E-state index is 0.0422. The molecule has 1 aromatic carbocycles. The number of rotatable bonds is 2. The van der Waals surface area contributed by atoms with Crippen LogP contribution in [-0.2, 0) is 0 Å². The van der Waals surface area contributed by atoms with Crippen LogP contribution < -0.4 is 0 Å². The molecule has 0 N–H and O–H groups in total. The molecule has 0 unspecified atom stereocenters. The topological polar surface area (TPSA) is 63.9 Å². The van der Waals surface area contributed by atoms with Crippen LogP contribution in [0, 0.1) is 0 Å². The molecular weight excluding hydrogens is 328 g/mol. The summed E-state index contributed by atoms with van der Waals surface area (Å²) < 4.78 is 28.1. The Kier molecular flexibility index (Phi) is 3.67. The van der Waals surface area contributed by atoms with Crippen LogP contribution in [-0.4, -0.2) is 49.8 Å². The van der Waals surface area contributed by atoms with Crippen molar-refractivity contribution in [1.29, 1.82) is 0 Å². The van der Waals surface area contributed by atoms with E-state index in [-0.39, 0.29) is 31.8 Å². The maximum Gasteiger partial charge on any atom is 0.255 e. The number of fused-ring (bicyclic) bond motifs is 1. The van der Waals surface area contributed by atoms with Crippen LogP contribution in [0.4, 0.5) is 8.78 Å². The molecule has 3 heterocycles. The number of nitrogens with zero attached hydrogens (tertiary/aromatic N) is 5. The summed E-state index contributed by atoms with van der Waals surface area (Å²) in [5.74, 6) is -2.99. The third kappa shape index (κ3) is 2.95. The number of hydrogen-bond acceptors (Lipinski definition) is 4. The van der Waals surface area contributed by atoms with Gasteiger partial charge in [0.1, 0.15) is 5.52 Å². The van der Waals surface area contributed by atoms with Gasteiger partial charge in [0.15, 0.2) is 5.65 Å². The van der Waals surface area contributed by atoms with E-state index >= 15 is 0 Å². The molecule has 4 rings (SSSR count). The highest BCUT2D eigenvalue weighted by atomic mass is 19.3. The maximum atomic E-state index is 13.2. The number of hydrogen-bond donors (Lipinski definition) is 0. The van der Waals surface area contributed by atoms with Gasteiger partial charge >= 0.3 is 0 Å². The standard InChI is InChI=1S/C17H15F2N5O/c18-17(19)6-8-23(9-7-17)16(25)12-10-14-15(20-11-12)24(22-21-14)13-4-2-1-3-5-13/h1-5,10-11H,6-9H2. The average molecular weight is 343 g/mol. The number of carbonyl (C=O) groups is 1. The molecule has 0 aliphatic carbocycles. The van der Waals surface area contributed by atoms with Crippen LogP contribution in [0.15, 0.2) is 42.6 Å². The van der Waals surface area contributed by atoms with E-state index < -0.39 is 5.92 Å². The first-order chi connectivity index (χ1) is 12.0. The molecule has 0 radical (unpaired) electrons. The normalized spacial score (nSPS) is 17.0. The number of halogens is 2.